The normalized spacial score (nSPS) is 22.5. The van der Waals surface area contributed by atoms with Crippen LogP contribution in [-0.4, -0.2) is 94.1 Å². The van der Waals surface area contributed by atoms with E-state index in [-0.39, 0.29) is 42.9 Å². The van der Waals surface area contributed by atoms with Gasteiger partial charge in [0.25, 0.3) is 5.91 Å². The minimum atomic E-state index is -1.81. The summed E-state index contributed by atoms with van der Waals surface area (Å²) in [6.07, 6.45) is 0.310. The van der Waals surface area contributed by atoms with Crippen LogP contribution >= 0.6 is 23.5 Å². The molecule has 0 spiro atoms. The van der Waals surface area contributed by atoms with Crippen LogP contribution in [0.25, 0.3) is 0 Å². The second-order valence-corrected chi connectivity index (χ2v) is 9.44. The molecule has 3 amide bonds. The van der Waals surface area contributed by atoms with E-state index in [2.05, 4.69) is 26.2 Å². The molecule has 1 saturated heterocycles. The molecule has 6 N–H and O–H groups in total. The molecular formula is C17H22N8O7S2. The molecule has 3 rings (SSSR count). The molecule has 0 aliphatic carbocycles. The van der Waals surface area contributed by atoms with Gasteiger partial charge in [-0.3, -0.25) is 24.1 Å². The lowest BCUT2D eigenvalue weighted by atomic mass is 9.94. The van der Waals surface area contributed by atoms with Crippen LogP contribution in [0.4, 0.5) is 0 Å². The summed E-state index contributed by atoms with van der Waals surface area (Å²) in [5.41, 5.74) is 3.84. The number of aryl methyl sites for hydroxylation is 1. The van der Waals surface area contributed by atoms with E-state index in [1.54, 1.807) is 7.05 Å². The van der Waals surface area contributed by atoms with Gasteiger partial charge in [-0.25, -0.2) is 9.48 Å². The summed E-state index contributed by atoms with van der Waals surface area (Å²) >= 11 is 2.39. The third kappa shape index (κ3) is 4.85. The van der Waals surface area contributed by atoms with Gasteiger partial charge in [0.05, 0.1) is 0 Å². The zero-order valence-electron chi connectivity index (χ0n) is 17.8. The molecule has 1 aromatic heterocycles. The van der Waals surface area contributed by atoms with Crippen molar-refractivity contribution in [3.05, 3.63) is 11.3 Å². The quantitative estimate of drug-likeness (QED) is 0.0857. The number of fused-ring (bicyclic) bond motifs is 1. The first kappa shape index (κ1) is 25.4. The SMILES string of the molecule is Cn1nnnc1SCC1=C(C(=O)O)N2C(=O)C(NC=O)(NC(=O)CCCC(N)C(=O)O)C2SC1. The third-order valence-electron chi connectivity index (χ3n) is 5.17. The van der Waals surface area contributed by atoms with E-state index in [1.807, 2.05) is 0 Å². The lowest BCUT2D eigenvalue weighted by Gasteiger charge is -2.56. The van der Waals surface area contributed by atoms with Gasteiger partial charge in [0, 0.05) is 25.0 Å². The fourth-order valence-electron chi connectivity index (χ4n) is 3.49. The minimum Gasteiger partial charge on any atom is -0.480 e. The Hall–Kier alpha value is -3.18. The van der Waals surface area contributed by atoms with Crippen LogP contribution in [0.15, 0.2) is 16.4 Å². The number of tetrazole rings is 1. The molecule has 34 heavy (non-hydrogen) atoms. The molecule has 3 atom stereocenters. The average molecular weight is 515 g/mol. The Labute approximate surface area is 200 Å². The maximum Gasteiger partial charge on any atom is 0.352 e. The topological polar surface area (TPSA) is 223 Å². The number of amides is 3. The summed E-state index contributed by atoms with van der Waals surface area (Å²) in [6, 6.07) is -1.12. The first-order chi connectivity index (χ1) is 16.1. The number of nitrogens with zero attached hydrogens (tertiary/aromatic N) is 5. The summed E-state index contributed by atoms with van der Waals surface area (Å²) in [4.78, 5) is 60.7. The lowest BCUT2D eigenvalue weighted by molar-refractivity contribution is -0.162. The number of nitrogens with two attached hydrogens (primary N) is 1. The van der Waals surface area contributed by atoms with Crippen molar-refractivity contribution in [3.63, 3.8) is 0 Å². The smallest absolute Gasteiger partial charge is 0.352 e. The van der Waals surface area contributed by atoms with Gasteiger partial charge in [-0.1, -0.05) is 11.8 Å². The van der Waals surface area contributed by atoms with Crippen LogP contribution in [0, 0.1) is 0 Å². The summed E-state index contributed by atoms with van der Waals surface area (Å²) in [5.74, 6) is -3.49. The number of thioether (sulfide) groups is 2. The van der Waals surface area contributed by atoms with E-state index in [4.69, 9.17) is 10.8 Å². The van der Waals surface area contributed by atoms with E-state index in [1.165, 1.54) is 28.2 Å². The molecule has 184 valence electrons. The fourth-order valence-corrected chi connectivity index (χ4v) is 5.91. The maximum atomic E-state index is 13.1. The Morgan fingerprint density at radius 1 is 1.41 bits per heavy atom. The molecule has 17 heteroatoms. The molecule has 1 aromatic rings. The predicted molar refractivity (Wildman–Crippen MR) is 117 cm³/mol. The van der Waals surface area contributed by atoms with E-state index < -0.39 is 40.8 Å². The number of aromatic nitrogens is 4. The summed E-state index contributed by atoms with van der Waals surface area (Å²) in [7, 11) is 1.64. The van der Waals surface area contributed by atoms with Gasteiger partial charge in [-0.2, -0.15) is 0 Å². The number of rotatable bonds is 12. The zero-order chi connectivity index (χ0) is 25.0. The molecule has 2 aliphatic heterocycles. The highest BCUT2D eigenvalue weighted by Gasteiger charge is 2.65. The fraction of sp³-hybridized carbons (Fsp3) is 0.529. The van der Waals surface area contributed by atoms with E-state index in [9.17, 15) is 29.1 Å². The Balaban J connectivity index is 1.74. The highest BCUT2D eigenvalue weighted by molar-refractivity contribution is 8.01. The molecular weight excluding hydrogens is 492 g/mol. The number of hydrogen-bond donors (Lipinski definition) is 5. The second-order valence-electron chi connectivity index (χ2n) is 7.42. The number of carbonyl (C=O) groups excluding carboxylic acids is 3. The van der Waals surface area contributed by atoms with E-state index in [0.29, 0.717) is 10.7 Å². The Morgan fingerprint density at radius 3 is 2.74 bits per heavy atom. The van der Waals surface area contributed by atoms with Crippen molar-refractivity contribution in [2.45, 2.75) is 41.5 Å². The highest BCUT2D eigenvalue weighted by atomic mass is 32.2. The third-order valence-corrected chi connectivity index (χ3v) is 7.66. The summed E-state index contributed by atoms with van der Waals surface area (Å²) in [5, 5.41) is 34.1. The van der Waals surface area contributed by atoms with Crippen molar-refractivity contribution < 1.29 is 34.2 Å². The van der Waals surface area contributed by atoms with Gasteiger partial charge in [0.15, 0.2) is 0 Å². The number of nitrogens with one attached hydrogen (secondary N) is 2. The predicted octanol–water partition coefficient (Wildman–Crippen LogP) is -2.30. The summed E-state index contributed by atoms with van der Waals surface area (Å²) in [6.45, 7) is 0. The Morgan fingerprint density at radius 2 is 2.15 bits per heavy atom. The first-order valence-electron chi connectivity index (χ1n) is 9.88. The molecule has 1 fully saturated rings. The second kappa shape index (κ2) is 10.4. The van der Waals surface area contributed by atoms with E-state index >= 15 is 0 Å². The molecule has 3 unspecified atom stereocenters. The Kier molecular flexibility index (Phi) is 7.78. The summed E-state index contributed by atoms with van der Waals surface area (Å²) < 4.78 is 1.43. The standard InChI is InChI=1S/C17H22N8O7S2/c1-24-16(21-22-23-24)34-6-8-5-33-15-17(19-7-26,14(32)25(15)11(8)13(30)31)20-10(27)4-2-3-9(18)12(28)29/h7,9,15H,2-6,18H2,1H3,(H,19,26)(H,20,27)(H,28,29)(H,30,31). The molecule has 0 radical (unpaired) electrons. The largest absolute Gasteiger partial charge is 0.480 e. The van der Waals surface area contributed by atoms with Gasteiger partial charge in [0.2, 0.25) is 23.1 Å². The van der Waals surface area contributed by atoms with Crippen LogP contribution < -0.4 is 16.4 Å². The molecule has 0 saturated carbocycles. The van der Waals surface area contributed by atoms with Crippen LogP contribution in [-0.2, 0) is 31.0 Å². The van der Waals surface area contributed by atoms with Crippen molar-refractivity contribution in [1.29, 1.82) is 0 Å². The van der Waals surface area contributed by atoms with E-state index in [0.717, 1.165) is 4.90 Å². The molecule has 3 heterocycles. The molecule has 0 aromatic carbocycles. The van der Waals surface area contributed by atoms with Crippen LogP contribution in [0.1, 0.15) is 19.3 Å². The maximum absolute atomic E-state index is 13.1. The van der Waals surface area contributed by atoms with Crippen molar-refractivity contribution in [2.75, 3.05) is 11.5 Å². The number of carboxylic acid groups (broad SMARTS) is 2. The monoisotopic (exact) mass is 514 g/mol. The minimum absolute atomic E-state index is 0.0447. The number of hydrogen-bond acceptors (Lipinski definition) is 11. The van der Waals surface area contributed by atoms with Gasteiger partial charge in [0.1, 0.15) is 17.1 Å². The molecule has 15 nitrogen and oxygen atoms in total. The van der Waals surface area contributed by atoms with Crippen LogP contribution in [0.3, 0.4) is 0 Å². The lowest BCUT2D eigenvalue weighted by Crippen LogP contribution is -2.85. The van der Waals surface area contributed by atoms with Crippen molar-refractivity contribution in [1.82, 2.24) is 35.7 Å². The van der Waals surface area contributed by atoms with Gasteiger partial charge in [-0.05, 0) is 28.8 Å². The molecule has 0 bridgehead atoms. The number of β-lactam (4-membered cyclic amide) rings is 1. The first-order valence-corrected chi connectivity index (χ1v) is 11.9. The Bertz CT molecular complexity index is 1050. The zero-order valence-corrected chi connectivity index (χ0v) is 19.5. The van der Waals surface area contributed by atoms with Crippen molar-refractivity contribution in [2.24, 2.45) is 12.8 Å². The van der Waals surface area contributed by atoms with Crippen LogP contribution in [0.5, 0.6) is 0 Å². The molecule has 2 aliphatic rings. The van der Waals surface area contributed by atoms with Gasteiger partial charge >= 0.3 is 11.9 Å². The van der Waals surface area contributed by atoms with Crippen LogP contribution in [0.2, 0.25) is 0 Å². The van der Waals surface area contributed by atoms with Crippen molar-refractivity contribution in [3.8, 4) is 0 Å². The number of aliphatic carboxylic acids is 2. The average Bonchev–Trinajstić information content (AvgIpc) is 3.20. The highest BCUT2D eigenvalue weighted by Crippen LogP contribution is 2.45. The number of carboxylic acids is 2. The van der Waals surface area contributed by atoms with Crippen molar-refractivity contribution >= 4 is 53.7 Å². The van der Waals surface area contributed by atoms with Gasteiger partial charge < -0.3 is 26.6 Å². The van der Waals surface area contributed by atoms with Gasteiger partial charge in [-0.15, -0.1) is 16.9 Å². The number of carbonyl (C=O) groups is 5.